The summed E-state index contributed by atoms with van der Waals surface area (Å²) < 4.78 is 4.81. The second-order valence-corrected chi connectivity index (χ2v) is 2.94. The Hall–Kier alpha value is -1.88. The van der Waals surface area contributed by atoms with Crippen LogP contribution >= 0.6 is 0 Å². The molecule has 0 atom stereocenters. The van der Waals surface area contributed by atoms with Crippen LogP contribution in [0, 0.1) is 0 Å². The van der Waals surface area contributed by atoms with Gasteiger partial charge in [-0.3, -0.25) is 0 Å². The maximum atomic E-state index is 11.2. The monoisotopic (exact) mass is 210 g/mol. The second kappa shape index (κ2) is 4.56. The van der Waals surface area contributed by atoms with Gasteiger partial charge in [0.15, 0.2) is 0 Å². The quantitative estimate of drug-likeness (QED) is 0.714. The third-order valence-electron chi connectivity index (χ3n) is 1.80. The Morgan fingerprint density at radius 1 is 1.53 bits per heavy atom. The Kier molecular flexibility index (Phi) is 3.41. The van der Waals surface area contributed by atoms with Crippen LogP contribution in [-0.4, -0.2) is 16.2 Å². The number of hydrogen-bond acceptors (Lipinski definition) is 4. The van der Waals surface area contributed by atoms with Crippen LogP contribution in [0.25, 0.3) is 5.57 Å². The molecule has 15 heavy (non-hydrogen) atoms. The number of carboxylic acid groups (broad SMARTS) is 1. The van der Waals surface area contributed by atoms with Gasteiger partial charge >= 0.3 is 11.6 Å². The van der Waals surface area contributed by atoms with Crippen LogP contribution in [0.3, 0.4) is 0 Å². The molecule has 1 aromatic heterocycles. The van der Waals surface area contributed by atoms with Crippen molar-refractivity contribution in [3.63, 3.8) is 0 Å². The molecule has 0 aliphatic rings. The van der Waals surface area contributed by atoms with Crippen LogP contribution in [0.15, 0.2) is 27.4 Å². The fourth-order valence-electron chi connectivity index (χ4n) is 1.03. The van der Waals surface area contributed by atoms with E-state index in [0.717, 1.165) is 6.08 Å². The van der Waals surface area contributed by atoms with Crippen LogP contribution in [0.5, 0.6) is 0 Å². The number of aliphatic hydroxyl groups excluding tert-OH is 1. The Morgan fingerprint density at radius 2 is 2.20 bits per heavy atom. The molecule has 5 nitrogen and oxygen atoms in total. The summed E-state index contributed by atoms with van der Waals surface area (Å²) in [7, 11) is 0. The highest BCUT2D eigenvalue weighted by molar-refractivity contribution is 5.88. The first-order valence-electron chi connectivity index (χ1n) is 4.20. The standard InChI is InChI=1S/C10H10O5/c1-6(4-9(12)13)8-3-2-7(5-11)10(14)15-8/h2-4,11H,5H2,1H3,(H,12,13). The third kappa shape index (κ3) is 2.78. The molecule has 5 heteroatoms. The number of carbonyl (C=O) groups is 1. The predicted octanol–water partition coefficient (Wildman–Crippen LogP) is 0.620. The van der Waals surface area contributed by atoms with Gasteiger partial charge in [-0.2, -0.15) is 0 Å². The van der Waals surface area contributed by atoms with Crippen molar-refractivity contribution in [2.24, 2.45) is 0 Å². The van der Waals surface area contributed by atoms with Gasteiger partial charge in [0, 0.05) is 6.08 Å². The molecule has 1 heterocycles. The molecule has 80 valence electrons. The number of aliphatic hydroxyl groups is 1. The summed E-state index contributed by atoms with van der Waals surface area (Å²) in [6.45, 7) is 1.12. The van der Waals surface area contributed by atoms with Crippen LogP contribution in [-0.2, 0) is 11.4 Å². The molecule has 0 bridgehead atoms. The molecule has 0 radical (unpaired) electrons. The minimum atomic E-state index is -1.11. The van der Waals surface area contributed by atoms with Gasteiger partial charge in [-0.05, 0) is 24.6 Å². The van der Waals surface area contributed by atoms with Gasteiger partial charge in [0.25, 0.3) is 0 Å². The lowest BCUT2D eigenvalue weighted by Crippen LogP contribution is -2.07. The summed E-state index contributed by atoms with van der Waals surface area (Å²) in [6.07, 6.45) is 0.941. The van der Waals surface area contributed by atoms with E-state index in [4.69, 9.17) is 14.6 Å². The van der Waals surface area contributed by atoms with Gasteiger partial charge in [-0.1, -0.05) is 0 Å². The van der Waals surface area contributed by atoms with E-state index in [-0.39, 0.29) is 11.3 Å². The minimum Gasteiger partial charge on any atom is -0.478 e. The smallest absolute Gasteiger partial charge is 0.341 e. The van der Waals surface area contributed by atoms with E-state index in [1.54, 1.807) is 0 Å². The number of aliphatic carboxylic acids is 1. The van der Waals surface area contributed by atoms with Crippen molar-refractivity contribution in [1.82, 2.24) is 0 Å². The first-order valence-corrected chi connectivity index (χ1v) is 4.20. The number of carboxylic acids is 1. The Morgan fingerprint density at radius 3 is 2.67 bits per heavy atom. The zero-order chi connectivity index (χ0) is 11.4. The molecule has 0 aliphatic heterocycles. The molecule has 0 spiro atoms. The molecule has 1 rings (SSSR count). The normalized spacial score (nSPS) is 11.5. The van der Waals surface area contributed by atoms with Crippen molar-refractivity contribution >= 4 is 11.5 Å². The van der Waals surface area contributed by atoms with Gasteiger partial charge in [0.05, 0.1) is 12.2 Å². The fourth-order valence-corrected chi connectivity index (χ4v) is 1.03. The Labute approximate surface area is 85.3 Å². The maximum Gasteiger partial charge on any atom is 0.341 e. The van der Waals surface area contributed by atoms with E-state index >= 15 is 0 Å². The molecular formula is C10H10O5. The van der Waals surface area contributed by atoms with Crippen LogP contribution in [0.4, 0.5) is 0 Å². The average Bonchev–Trinajstić information content (AvgIpc) is 2.16. The first kappa shape index (κ1) is 11.2. The molecule has 0 unspecified atom stereocenters. The van der Waals surface area contributed by atoms with Gasteiger partial charge in [0.1, 0.15) is 5.76 Å². The first-order chi connectivity index (χ1) is 7.04. The van der Waals surface area contributed by atoms with Crippen molar-refractivity contribution in [3.8, 4) is 0 Å². The molecule has 0 saturated heterocycles. The number of rotatable bonds is 3. The van der Waals surface area contributed by atoms with Crippen molar-refractivity contribution in [3.05, 3.63) is 40.0 Å². The molecule has 0 saturated carbocycles. The van der Waals surface area contributed by atoms with E-state index < -0.39 is 18.2 Å². The molecule has 0 aliphatic carbocycles. The highest BCUT2D eigenvalue weighted by Crippen LogP contribution is 2.11. The summed E-state index contributed by atoms with van der Waals surface area (Å²) in [5, 5.41) is 17.2. The van der Waals surface area contributed by atoms with Crippen LogP contribution in [0.1, 0.15) is 18.2 Å². The largest absolute Gasteiger partial charge is 0.478 e. The van der Waals surface area contributed by atoms with Gasteiger partial charge in [-0.25, -0.2) is 9.59 Å². The summed E-state index contributed by atoms with van der Waals surface area (Å²) >= 11 is 0. The third-order valence-corrected chi connectivity index (χ3v) is 1.80. The van der Waals surface area contributed by atoms with E-state index in [0.29, 0.717) is 5.57 Å². The second-order valence-electron chi connectivity index (χ2n) is 2.94. The number of hydrogen-bond donors (Lipinski definition) is 2. The SMILES string of the molecule is CC(=CC(=O)O)c1ccc(CO)c(=O)o1. The zero-order valence-corrected chi connectivity index (χ0v) is 8.06. The molecule has 0 aromatic carbocycles. The van der Waals surface area contributed by atoms with Gasteiger partial charge < -0.3 is 14.6 Å². The van der Waals surface area contributed by atoms with E-state index in [9.17, 15) is 9.59 Å². The molecule has 1 aromatic rings. The highest BCUT2D eigenvalue weighted by Gasteiger charge is 2.05. The fraction of sp³-hybridized carbons (Fsp3) is 0.200. The Bertz CT molecular complexity index is 455. The topological polar surface area (TPSA) is 87.7 Å². The van der Waals surface area contributed by atoms with E-state index in [1.165, 1.54) is 19.1 Å². The highest BCUT2D eigenvalue weighted by atomic mass is 16.4. The number of allylic oxidation sites excluding steroid dienone is 1. The molecular weight excluding hydrogens is 200 g/mol. The summed E-state index contributed by atoms with van der Waals surface area (Å²) in [6, 6.07) is 2.85. The van der Waals surface area contributed by atoms with Crippen molar-refractivity contribution in [2.75, 3.05) is 0 Å². The minimum absolute atomic E-state index is 0.141. The lowest BCUT2D eigenvalue weighted by molar-refractivity contribution is -0.131. The van der Waals surface area contributed by atoms with Crippen molar-refractivity contribution in [1.29, 1.82) is 0 Å². The summed E-state index contributed by atoms with van der Waals surface area (Å²) in [5.41, 5.74) is -0.181. The predicted molar refractivity (Wildman–Crippen MR) is 52.2 cm³/mol. The van der Waals surface area contributed by atoms with Gasteiger partial charge in [0.2, 0.25) is 0 Å². The van der Waals surface area contributed by atoms with Crippen molar-refractivity contribution < 1.29 is 19.4 Å². The zero-order valence-electron chi connectivity index (χ0n) is 8.06. The maximum absolute atomic E-state index is 11.2. The lowest BCUT2D eigenvalue weighted by Gasteiger charge is -1.99. The van der Waals surface area contributed by atoms with Crippen LogP contribution in [0.2, 0.25) is 0 Å². The molecule has 0 amide bonds. The lowest BCUT2D eigenvalue weighted by atomic mass is 10.2. The van der Waals surface area contributed by atoms with Gasteiger partial charge in [-0.15, -0.1) is 0 Å². The van der Waals surface area contributed by atoms with E-state index in [1.807, 2.05) is 0 Å². The van der Waals surface area contributed by atoms with Crippen molar-refractivity contribution in [2.45, 2.75) is 13.5 Å². The average molecular weight is 210 g/mol. The summed E-state index contributed by atoms with van der Waals surface area (Å²) in [4.78, 5) is 21.5. The Balaban J connectivity index is 3.13. The van der Waals surface area contributed by atoms with E-state index in [2.05, 4.69) is 0 Å². The molecule has 0 fully saturated rings. The molecule has 2 N–H and O–H groups in total. The summed E-state index contributed by atoms with van der Waals surface area (Å²) in [5.74, 6) is -0.930. The van der Waals surface area contributed by atoms with Crippen LogP contribution < -0.4 is 5.63 Å².